The number of benzene rings is 2. The zero-order valence-electron chi connectivity index (χ0n) is 7.03. The number of hydrogen-bond donors (Lipinski definition) is 0. The summed E-state index contributed by atoms with van der Waals surface area (Å²) in [7, 11) is 2.57. The van der Waals surface area contributed by atoms with Crippen LogP contribution in [0.2, 0.25) is 0 Å². The molecule has 0 saturated carbocycles. The zero-order chi connectivity index (χ0) is 9.26. The summed E-state index contributed by atoms with van der Waals surface area (Å²) in [5, 5.41) is 3.08. The molecule has 0 aromatic heterocycles. The van der Waals surface area contributed by atoms with Crippen LogP contribution in [0.5, 0.6) is 0 Å². The van der Waals surface area contributed by atoms with Gasteiger partial charge in [-0.2, -0.15) is 0 Å². The Morgan fingerprint density at radius 1 is 1.08 bits per heavy atom. The minimum atomic E-state index is 0.767. The van der Waals surface area contributed by atoms with E-state index in [2.05, 4.69) is 9.24 Å². The fraction of sp³-hybridized carbons (Fsp3) is 0. The fourth-order valence-corrected chi connectivity index (χ4v) is 1.76. The number of carbonyl (C=O) groups is 1. The van der Waals surface area contributed by atoms with Gasteiger partial charge in [0.05, 0.1) is 0 Å². The molecule has 2 aromatic rings. The molecule has 2 aromatic carbocycles. The minimum absolute atomic E-state index is 0.767. The van der Waals surface area contributed by atoms with Crippen molar-refractivity contribution in [3.05, 3.63) is 42.0 Å². The van der Waals surface area contributed by atoms with Crippen molar-refractivity contribution in [1.82, 2.24) is 0 Å². The Labute approximate surface area is 79.0 Å². The minimum Gasteiger partial charge on any atom is -0.298 e. The van der Waals surface area contributed by atoms with Crippen molar-refractivity contribution in [1.29, 1.82) is 0 Å². The lowest BCUT2D eigenvalue weighted by Gasteiger charge is -2.02. The van der Waals surface area contributed by atoms with Crippen LogP contribution in [0.4, 0.5) is 0 Å². The van der Waals surface area contributed by atoms with Crippen molar-refractivity contribution >= 4 is 31.6 Å². The first-order valence-corrected chi connectivity index (χ1v) is 4.63. The molecule has 0 saturated heterocycles. The number of aldehydes is 1. The summed E-state index contributed by atoms with van der Waals surface area (Å²) in [4.78, 5) is 10.8. The Bertz CT molecular complexity index is 463. The third kappa shape index (κ3) is 1.36. The Balaban J connectivity index is 2.91. The van der Waals surface area contributed by atoms with E-state index in [0.29, 0.717) is 0 Å². The van der Waals surface area contributed by atoms with Crippen molar-refractivity contribution < 1.29 is 4.79 Å². The van der Waals surface area contributed by atoms with Gasteiger partial charge >= 0.3 is 0 Å². The molecule has 1 nitrogen and oxygen atoms in total. The summed E-state index contributed by atoms with van der Waals surface area (Å²) in [6.07, 6.45) is 0.907. The largest absolute Gasteiger partial charge is 0.298 e. The Morgan fingerprint density at radius 3 is 2.62 bits per heavy atom. The van der Waals surface area contributed by atoms with Gasteiger partial charge in [0.2, 0.25) is 0 Å². The van der Waals surface area contributed by atoms with Gasteiger partial charge in [-0.25, -0.2) is 0 Å². The number of fused-ring (bicyclic) bond motifs is 1. The highest BCUT2D eigenvalue weighted by molar-refractivity contribution is 7.27. The number of rotatable bonds is 1. The van der Waals surface area contributed by atoms with Gasteiger partial charge in [0.15, 0.2) is 6.29 Å². The molecule has 0 radical (unpaired) electrons. The molecule has 0 amide bonds. The molecular formula is C11H9OP. The number of carbonyl (C=O) groups excluding carboxylic acids is 1. The van der Waals surface area contributed by atoms with E-state index >= 15 is 0 Å². The second-order valence-corrected chi connectivity index (χ2v) is 3.53. The van der Waals surface area contributed by atoms with Gasteiger partial charge in [-0.05, 0) is 16.1 Å². The second-order valence-electron chi connectivity index (χ2n) is 2.91. The van der Waals surface area contributed by atoms with Crippen molar-refractivity contribution in [2.45, 2.75) is 0 Å². The Hall–Kier alpha value is -1.20. The van der Waals surface area contributed by atoms with E-state index in [9.17, 15) is 4.79 Å². The van der Waals surface area contributed by atoms with E-state index in [1.807, 2.05) is 36.4 Å². The van der Waals surface area contributed by atoms with E-state index in [-0.39, 0.29) is 0 Å². The third-order valence-electron chi connectivity index (χ3n) is 2.12. The maximum Gasteiger partial charge on any atom is 0.151 e. The van der Waals surface area contributed by atoms with Crippen molar-refractivity contribution in [2.24, 2.45) is 0 Å². The predicted molar refractivity (Wildman–Crippen MR) is 58.7 cm³/mol. The van der Waals surface area contributed by atoms with E-state index in [1.54, 1.807) is 0 Å². The van der Waals surface area contributed by atoms with Crippen LogP contribution >= 0.6 is 9.24 Å². The van der Waals surface area contributed by atoms with E-state index in [4.69, 9.17) is 0 Å². The highest BCUT2D eigenvalue weighted by atomic mass is 31.0. The lowest BCUT2D eigenvalue weighted by atomic mass is 10.1. The van der Waals surface area contributed by atoms with Gasteiger partial charge in [0.25, 0.3) is 0 Å². The standard InChI is InChI=1S/C11H9OP/c12-7-10-9-4-2-1-3-8(9)5-6-11(10)13/h1-7H,13H2. The molecule has 0 aliphatic rings. The Morgan fingerprint density at radius 2 is 1.85 bits per heavy atom. The third-order valence-corrected chi connectivity index (χ3v) is 2.63. The molecule has 2 heteroatoms. The average molecular weight is 188 g/mol. The van der Waals surface area contributed by atoms with Crippen molar-refractivity contribution in [3.8, 4) is 0 Å². The molecule has 1 atom stereocenters. The molecular weight excluding hydrogens is 179 g/mol. The first kappa shape index (κ1) is 8.40. The normalized spacial score (nSPS) is 10.2. The van der Waals surface area contributed by atoms with Crippen LogP contribution < -0.4 is 5.30 Å². The van der Waals surface area contributed by atoms with Crippen LogP contribution in [0.3, 0.4) is 0 Å². The van der Waals surface area contributed by atoms with E-state index in [0.717, 1.165) is 27.9 Å². The monoisotopic (exact) mass is 188 g/mol. The van der Waals surface area contributed by atoms with Crippen molar-refractivity contribution in [3.63, 3.8) is 0 Å². The van der Waals surface area contributed by atoms with Crippen LogP contribution in [-0.2, 0) is 0 Å². The van der Waals surface area contributed by atoms with Gasteiger partial charge in [0.1, 0.15) is 0 Å². The maximum atomic E-state index is 10.8. The lowest BCUT2D eigenvalue weighted by Crippen LogP contribution is -2.00. The smallest absolute Gasteiger partial charge is 0.151 e. The van der Waals surface area contributed by atoms with Crippen LogP contribution in [0, 0.1) is 0 Å². The van der Waals surface area contributed by atoms with Crippen LogP contribution in [0.1, 0.15) is 10.4 Å². The highest BCUT2D eigenvalue weighted by Gasteiger charge is 2.01. The first-order chi connectivity index (χ1) is 6.33. The quantitative estimate of drug-likeness (QED) is 0.495. The molecule has 0 heterocycles. The summed E-state index contributed by atoms with van der Waals surface area (Å²) in [5.74, 6) is 0. The molecule has 1 unspecified atom stereocenters. The summed E-state index contributed by atoms with van der Waals surface area (Å²) in [6.45, 7) is 0. The Kier molecular flexibility index (Phi) is 2.12. The maximum absolute atomic E-state index is 10.8. The predicted octanol–water partition coefficient (Wildman–Crippen LogP) is 2.15. The lowest BCUT2D eigenvalue weighted by molar-refractivity contribution is 0.112. The van der Waals surface area contributed by atoms with Gasteiger partial charge in [-0.15, -0.1) is 9.24 Å². The fourth-order valence-electron chi connectivity index (χ4n) is 1.44. The van der Waals surface area contributed by atoms with Crippen LogP contribution in [-0.4, -0.2) is 6.29 Å². The van der Waals surface area contributed by atoms with E-state index < -0.39 is 0 Å². The molecule has 0 spiro atoms. The first-order valence-electron chi connectivity index (χ1n) is 4.05. The summed E-state index contributed by atoms with van der Waals surface area (Å²) < 4.78 is 0. The summed E-state index contributed by atoms with van der Waals surface area (Å²) in [5.41, 5.74) is 0.767. The van der Waals surface area contributed by atoms with Gasteiger partial charge in [-0.3, -0.25) is 4.79 Å². The molecule has 64 valence electrons. The molecule has 2 rings (SSSR count). The van der Waals surface area contributed by atoms with Gasteiger partial charge in [0, 0.05) is 5.56 Å². The molecule has 0 aliphatic carbocycles. The summed E-state index contributed by atoms with van der Waals surface area (Å²) >= 11 is 0. The highest BCUT2D eigenvalue weighted by Crippen LogP contribution is 2.16. The van der Waals surface area contributed by atoms with Gasteiger partial charge in [-0.1, -0.05) is 36.4 Å². The number of hydrogen-bond acceptors (Lipinski definition) is 1. The molecule has 0 fully saturated rings. The van der Waals surface area contributed by atoms with E-state index in [1.165, 1.54) is 0 Å². The molecule has 0 bridgehead atoms. The summed E-state index contributed by atoms with van der Waals surface area (Å²) in [6, 6.07) is 11.8. The molecule has 13 heavy (non-hydrogen) atoms. The average Bonchev–Trinajstić information content (AvgIpc) is 2.18. The molecule has 0 aliphatic heterocycles. The molecule has 0 N–H and O–H groups in total. The van der Waals surface area contributed by atoms with Crippen LogP contribution in [0.25, 0.3) is 10.8 Å². The second kappa shape index (κ2) is 3.27. The SMILES string of the molecule is O=Cc1c(P)ccc2ccccc12. The van der Waals surface area contributed by atoms with Crippen LogP contribution in [0.15, 0.2) is 36.4 Å². The zero-order valence-corrected chi connectivity index (χ0v) is 8.18. The van der Waals surface area contributed by atoms with Crippen molar-refractivity contribution in [2.75, 3.05) is 0 Å². The topological polar surface area (TPSA) is 17.1 Å². The van der Waals surface area contributed by atoms with Gasteiger partial charge < -0.3 is 0 Å².